The first-order valence-electron chi connectivity index (χ1n) is 19.2. The number of fused-ring (bicyclic) bond motifs is 2. The monoisotopic (exact) mass is 710 g/mol. The van der Waals surface area contributed by atoms with Gasteiger partial charge in [-0.15, -0.1) is 23.7 Å². The summed E-state index contributed by atoms with van der Waals surface area (Å²) >= 11 is 0. The van der Waals surface area contributed by atoms with Gasteiger partial charge in [0.1, 0.15) is 13.2 Å². The molecule has 0 N–H and O–H groups in total. The highest BCUT2D eigenvalue weighted by molar-refractivity contribution is 5.86. The maximum atomic E-state index is 12.6. The van der Waals surface area contributed by atoms with E-state index in [1.54, 1.807) is 0 Å². The number of carbonyl (C=O) groups is 4. The summed E-state index contributed by atoms with van der Waals surface area (Å²) in [5.74, 6) is 14.8. The predicted molar refractivity (Wildman–Crippen MR) is 182 cm³/mol. The van der Waals surface area contributed by atoms with E-state index in [2.05, 4.69) is 23.7 Å². The van der Waals surface area contributed by atoms with Crippen LogP contribution in [-0.4, -0.2) is 89.9 Å². The van der Waals surface area contributed by atoms with Crippen molar-refractivity contribution in [2.45, 2.75) is 89.9 Å². The summed E-state index contributed by atoms with van der Waals surface area (Å²) in [6, 6.07) is 0. The first-order chi connectivity index (χ1) is 24.9. The summed E-state index contributed by atoms with van der Waals surface area (Å²) in [5, 5.41) is 0. The summed E-state index contributed by atoms with van der Waals surface area (Å²) in [4.78, 5) is 50.2. The van der Waals surface area contributed by atoms with Crippen molar-refractivity contribution in [1.29, 1.82) is 0 Å². The molecule has 0 spiro atoms. The Morgan fingerprint density at radius 2 is 0.765 bits per heavy atom. The fourth-order valence-corrected chi connectivity index (χ4v) is 8.04. The lowest BCUT2D eigenvalue weighted by Crippen LogP contribution is -2.25. The molecule has 0 saturated heterocycles. The molecule has 6 aliphatic rings. The smallest absolute Gasteiger partial charge is 0.312 e. The molecule has 0 radical (unpaired) electrons. The molecule has 0 aromatic heterocycles. The number of carbonyl (C=O) groups excluding carboxylic acids is 4. The molecule has 4 fully saturated rings. The van der Waals surface area contributed by atoms with Crippen LogP contribution in [0.15, 0.2) is 0 Å². The normalized spacial score (nSPS) is 28.5. The van der Waals surface area contributed by atoms with Crippen molar-refractivity contribution in [2.75, 3.05) is 66.1 Å². The molecule has 0 amide bonds. The van der Waals surface area contributed by atoms with Gasteiger partial charge >= 0.3 is 23.9 Å². The van der Waals surface area contributed by atoms with Crippen LogP contribution in [0, 0.1) is 70.0 Å². The van der Waals surface area contributed by atoms with Crippen LogP contribution >= 0.6 is 0 Å². The zero-order valence-corrected chi connectivity index (χ0v) is 29.9. The van der Waals surface area contributed by atoms with Crippen LogP contribution in [0.5, 0.6) is 0 Å². The van der Waals surface area contributed by atoms with E-state index in [-0.39, 0.29) is 63.1 Å². The topological polar surface area (TPSA) is 133 Å². The van der Waals surface area contributed by atoms with Crippen molar-refractivity contribution < 1.29 is 52.3 Å². The lowest BCUT2D eigenvalue weighted by atomic mass is 10.0. The van der Waals surface area contributed by atoms with Gasteiger partial charge in [0.25, 0.3) is 0 Å². The molecule has 0 aromatic carbocycles. The summed E-state index contributed by atoms with van der Waals surface area (Å²) in [6.07, 6.45) is 10.8. The number of hydrogen-bond donors (Lipinski definition) is 0. The van der Waals surface area contributed by atoms with Crippen molar-refractivity contribution >= 4 is 23.9 Å². The standard InChI is InChI=1S/C40H54O11/c41-35(50-27-33-29-9-5-1-2-6-10-30(29)33)25-39(13-14-39)37(43)48-23-21-46-19-17-45-18-20-47-22-24-49-38(44)40(15-16-40)26-36(42)51-28-34-31-11-7-3-4-8-12-32(31)34/h29-34H,5-28H2/t29-,30+,31-,32+,33?,34?. The second-order valence-corrected chi connectivity index (χ2v) is 15.2. The molecule has 0 heterocycles. The minimum absolute atomic E-state index is 0.0749. The Morgan fingerprint density at radius 3 is 1.08 bits per heavy atom. The lowest BCUT2D eigenvalue weighted by molar-refractivity contribution is -0.158. The molecule has 280 valence electrons. The fraction of sp³-hybridized carbons (Fsp3) is 0.800. The molecule has 0 aliphatic heterocycles. The quantitative estimate of drug-likeness (QED) is 0.0684. The third kappa shape index (κ3) is 10.9. The van der Waals surface area contributed by atoms with Gasteiger partial charge in [0.2, 0.25) is 0 Å². The van der Waals surface area contributed by atoms with Crippen molar-refractivity contribution in [3.05, 3.63) is 0 Å². The van der Waals surface area contributed by atoms with Crippen molar-refractivity contribution in [2.24, 2.45) is 46.3 Å². The van der Waals surface area contributed by atoms with Crippen LogP contribution in [0.3, 0.4) is 0 Å². The Balaban J connectivity index is 0.708. The van der Waals surface area contributed by atoms with E-state index >= 15 is 0 Å². The Hall–Kier alpha value is -3.12. The average Bonchev–Trinajstić information content (AvgIpc) is 3.95. The summed E-state index contributed by atoms with van der Waals surface area (Å²) in [7, 11) is 0. The zero-order valence-electron chi connectivity index (χ0n) is 29.9. The van der Waals surface area contributed by atoms with Gasteiger partial charge in [0, 0.05) is 25.7 Å². The highest BCUT2D eigenvalue weighted by atomic mass is 16.6. The number of ether oxygens (including phenoxy) is 7. The van der Waals surface area contributed by atoms with E-state index in [1.807, 2.05) is 0 Å². The number of rotatable bonds is 22. The molecule has 11 heteroatoms. The summed E-state index contributed by atoms with van der Waals surface area (Å²) in [6.45, 7) is 2.97. The van der Waals surface area contributed by atoms with Gasteiger partial charge in [-0.05, 0) is 86.9 Å². The number of esters is 4. The molecule has 4 saturated carbocycles. The van der Waals surface area contributed by atoms with E-state index < -0.39 is 10.8 Å². The van der Waals surface area contributed by atoms with E-state index in [4.69, 9.17) is 33.2 Å². The van der Waals surface area contributed by atoms with Crippen LogP contribution in [0.25, 0.3) is 0 Å². The fourth-order valence-electron chi connectivity index (χ4n) is 8.04. The van der Waals surface area contributed by atoms with Crippen molar-refractivity contribution in [3.8, 4) is 23.7 Å². The predicted octanol–water partition coefficient (Wildman–Crippen LogP) is 4.43. The van der Waals surface area contributed by atoms with Crippen LogP contribution in [0.1, 0.15) is 89.9 Å². The third-order valence-electron chi connectivity index (χ3n) is 11.8. The minimum Gasteiger partial charge on any atom is -0.465 e. The molecule has 6 aliphatic carbocycles. The first-order valence-corrected chi connectivity index (χ1v) is 19.2. The van der Waals surface area contributed by atoms with Gasteiger partial charge < -0.3 is 33.2 Å². The molecule has 11 nitrogen and oxygen atoms in total. The summed E-state index contributed by atoms with van der Waals surface area (Å²) < 4.78 is 38.4. The zero-order chi connectivity index (χ0) is 35.5. The molecule has 6 rings (SSSR count). The highest BCUT2D eigenvalue weighted by Crippen LogP contribution is 2.54. The van der Waals surface area contributed by atoms with Crippen LogP contribution in [0.2, 0.25) is 0 Å². The van der Waals surface area contributed by atoms with Gasteiger partial charge in [-0.3, -0.25) is 19.2 Å². The van der Waals surface area contributed by atoms with Gasteiger partial charge in [0.15, 0.2) is 0 Å². The van der Waals surface area contributed by atoms with Gasteiger partial charge in [0.05, 0.1) is 76.5 Å². The molecule has 0 bridgehead atoms. The van der Waals surface area contributed by atoms with E-state index in [0.717, 1.165) is 51.4 Å². The Morgan fingerprint density at radius 1 is 0.451 bits per heavy atom. The number of hydrogen-bond acceptors (Lipinski definition) is 11. The maximum absolute atomic E-state index is 12.6. The van der Waals surface area contributed by atoms with Crippen molar-refractivity contribution in [3.63, 3.8) is 0 Å². The molecular weight excluding hydrogens is 656 g/mol. The first kappa shape index (κ1) is 37.6. The SMILES string of the molecule is O=C(CC1(C(=O)OCCOCCOCCOCCOC(=O)C2(CC(=O)OCC3[C@H]4CCC#CCC[C@@H]34)CC2)CC1)OCC1[C@H]2CCC#CCC[C@@H]12. The lowest BCUT2D eigenvalue weighted by Gasteiger charge is -2.14. The largest absolute Gasteiger partial charge is 0.465 e. The van der Waals surface area contributed by atoms with Gasteiger partial charge in [-0.1, -0.05) is 0 Å². The Labute approximate surface area is 301 Å². The molecule has 6 atom stereocenters. The second kappa shape index (κ2) is 18.1. The Bertz CT molecular complexity index is 1220. The van der Waals surface area contributed by atoms with Gasteiger partial charge in [-0.25, -0.2) is 0 Å². The Kier molecular flexibility index (Phi) is 13.3. The van der Waals surface area contributed by atoms with Crippen molar-refractivity contribution in [1.82, 2.24) is 0 Å². The molecular formula is C40H54O11. The van der Waals surface area contributed by atoms with Crippen LogP contribution in [-0.2, 0) is 52.3 Å². The molecule has 0 aromatic rings. The average molecular weight is 711 g/mol. The minimum atomic E-state index is -0.741. The molecule has 2 unspecified atom stereocenters. The van der Waals surface area contributed by atoms with Gasteiger partial charge in [-0.2, -0.15) is 0 Å². The van der Waals surface area contributed by atoms with E-state index in [9.17, 15) is 19.2 Å². The van der Waals surface area contributed by atoms with Crippen LogP contribution in [0.4, 0.5) is 0 Å². The van der Waals surface area contributed by atoms with E-state index in [1.165, 1.54) is 0 Å². The third-order valence-corrected chi connectivity index (χ3v) is 11.8. The second-order valence-electron chi connectivity index (χ2n) is 15.2. The summed E-state index contributed by atoms with van der Waals surface area (Å²) in [5.41, 5.74) is -1.48. The van der Waals surface area contributed by atoms with Crippen LogP contribution < -0.4 is 0 Å². The van der Waals surface area contributed by atoms with E-state index in [0.29, 0.717) is 101 Å². The molecule has 51 heavy (non-hydrogen) atoms. The highest BCUT2D eigenvalue weighted by Gasteiger charge is 2.55. The maximum Gasteiger partial charge on any atom is 0.312 e.